The van der Waals surface area contributed by atoms with Gasteiger partial charge in [0.1, 0.15) is 11.5 Å². The van der Waals surface area contributed by atoms with E-state index in [0.29, 0.717) is 10.6 Å². The second-order valence-electron chi connectivity index (χ2n) is 7.72. The van der Waals surface area contributed by atoms with Crippen molar-refractivity contribution in [1.29, 1.82) is 0 Å². The summed E-state index contributed by atoms with van der Waals surface area (Å²) in [6.07, 6.45) is -4.07. The van der Waals surface area contributed by atoms with E-state index in [1.807, 2.05) is 0 Å². The zero-order chi connectivity index (χ0) is 25.8. The van der Waals surface area contributed by atoms with Crippen LogP contribution >= 0.6 is 0 Å². The number of hydrogen-bond acceptors (Lipinski definition) is 6. The van der Waals surface area contributed by atoms with Gasteiger partial charge in [-0.2, -0.15) is 23.3 Å². The van der Waals surface area contributed by atoms with Crippen molar-refractivity contribution >= 4 is 41.2 Å². The highest BCUT2D eigenvalue weighted by Crippen LogP contribution is 2.34. The molecule has 0 saturated heterocycles. The number of carbonyl (C=O) groups is 4. The fourth-order valence-corrected chi connectivity index (χ4v) is 3.72. The maximum absolute atomic E-state index is 13.7. The Labute approximate surface area is 199 Å². The van der Waals surface area contributed by atoms with Gasteiger partial charge in [-0.15, -0.1) is 0 Å². The lowest BCUT2D eigenvalue weighted by Crippen LogP contribution is -2.25. The average molecular weight is 495 g/mol. The molecule has 0 bridgehead atoms. The Morgan fingerprint density at radius 1 is 0.972 bits per heavy atom. The van der Waals surface area contributed by atoms with Crippen molar-refractivity contribution in [3.63, 3.8) is 0 Å². The number of amides is 3. The number of alkyl halides is 3. The fourth-order valence-electron chi connectivity index (χ4n) is 3.72. The van der Waals surface area contributed by atoms with Gasteiger partial charge in [0.15, 0.2) is 5.71 Å². The van der Waals surface area contributed by atoms with Crippen molar-refractivity contribution in [2.45, 2.75) is 6.18 Å². The predicted octanol–water partition coefficient (Wildman–Crippen LogP) is 3.88. The molecular formula is C24H12F3N3O6. The van der Waals surface area contributed by atoms with Crippen LogP contribution in [0, 0.1) is 0 Å². The SMILES string of the molecule is O=C(O)c1ccc(N2N=C(C(F)(F)F)/C(=C/c3ccc(-c4ccc5c(c4)C(=O)NC5=O)o3)C2=O)cc1. The van der Waals surface area contributed by atoms with Gasteiger partial charge in [-0.05, 0) is 54.6 Å². The van der Waals surface area contributed by atoms with Crippen LogP contribution in [-0.2, 0) is 4.79 Å². The molecule has 2 aromatic carbocycles. The van der Waals surface area contributed by atoms with Crippen molar-refractivity contribution < 1.29 is 41.9 Å². The van der Waals surface area contributed by atoms with Crippen LogP contribution in [0.25, 0.3) is 17.4 Å². The largest absolute Gasteiger partial charge is 0.478 e. The van der Waals surface area contributed by atoms with Crippen LogP contribution in [0.1, 0.15) is 36.8 Å². The molecule has 12 heteroatoms. The summed E-state index contributed by atoms with van der Waals surface area (Å²) >= 11 is 0. The van der Waals surface area contributed by atoms with E-state index in [1.54, 1.807) is 0 Å². The number of hydrazone groups is 1. The third kappa shape index (κ3) is 3.83. The van der Waals surface area contributed by atoms with E-state index >= 15 is 0 Å². The Kier molecular flexibility index (Phi) is 5.09. The van der Waals surface area contributed by atoms with Gasteiger partial charge in [0.05, 0.1) is 28.0 Å². The number of anilines is 1. The number of aromatic carboxylic acids is 1. The molecule has 0 spiro atoms. The summed E-state index contributed by atoms with van der Waals surface area (Å²) in [4.78, 5) is 47.5. The van der Waals surface area contributed by atoms with Crippen LogP contribution in [0.2, 0.25) is 0 Å². The van der Waals surface area contributed by atoms with Gasteiger partial charge in [0, 0.05) is 5.56 Å². The topological polar surface area (TPSA) is 129 Å². The minimum atomic E-state index is -4.97. The van der Waals surface area contributed by atoms with Crippen LogP contribution in [-0.4, -0.2) is 40.7 Å². The standard InChI is InChI=1S/C24H12F3N3O6/c25-24(26,27)19-17(22(33)30(29-19)13-4-1-11(2-5-13)23(34)35)10-14-6-8-18(36-14)12-3-7-15-16(9-12)21(32)28-20(15)31/h1-10H,(H,34,35)(H,28,31,32)/b17-10-. The second kappa shape index (κ2) is 8.05. The Morgan fingerprint density at radius 2 is 1.67 bits per heavy atom. The lowest BCUT2D eigenvalue weighted by atomic mass is 10.0. The van der Waals surface area contributed by atoms with E-state index in [9.17, 15) is 32.3 Å². The minimum Gasteiger partial charge on any atom is -0.478 e. The number of halogens is 3. The summed E-state index contributed by atoms with van der Waals surface area (Å²) in [6, 6.07) is 11.7. The van der Waals surface area contributed by atoms with Crippen molar-refractivity contribution in [1.82, 2.24) is 5.32 Å². The molecule has 9 nitrogen and oxygen atoms in total. The highest BCUT2D eigenvalue weighted by atomic mass is 19.4. The third-order valence-electron chi connectivity index (χ3n) is 5.44. The molecule has 0 aliphatic carbocycles. The fraction of sp³-hybridized carbons (Fsp3) is 0.0417. The maximum atomic E-state index is 13.7. The number of furan rings is 1. The van der Waals surface area contributed by atoms with Crippen LogP contribution in [0.5, 0.6) is 0 Å². The van der Waals surface area contributed by atoms with Gasteiger partial charge in [-0.25, -0.2) is 4.79 Å². The Balaban J connectivity index is 1.48. The Hall–Kier alpha value is -5.00. The minimum absolute atomic E-state index is 0.0544. The summed E-state index contributed by atoms with van der Waals surface area (Å²) in [7, 11) is 0. The number of carboxylic acids is 1. The molecule has 0 fully saturated rings. The summed E-state index contributed by atoms with van der Waals surface area (Å²) in [5.41, 5.74) is -1.66. The van der Waals surface area contributed by atoms with E-state index in [4.69, 9.17) is 9.52 Å². The molecule has 0 atom stereocenters. The molecule has 2 N–H and O–H groups in total. The highest BCUT2D eigenvalue weighted by molar-refractivity contribution is 6.34. The number of carboxylic acid groups (broad SMARTS) is 1. The number of imide groups is 1. The number of fused-ring (bicyclic) bond motifs is 1. The quantitative estimate of drug-likeness (QED) is 0.418. The Morgan fingerprint density at radius 3 is 2.33 bits per heavy atom. The molecule has 3 aromatic rings. The lowest BCUT2D eigenvalue weighted by molar-refractivity contribution is -0.114. The van der Waals surface area contributed by atoms with Crippen LogP contribution < -0.4 is 10.3 Å². The lowest BCUT2D eigenvalue weighted by Gasteiger charge is -2.11. The van der Waals surface area contributed by atoms with Crippen molar-refractivity contribution in [2.75, 3.05) is 5.01 Å². The first-order valence-corrected chi connectivity index (χ1v) is 10.2. The van der Waals surface area contributed by atoms with Crippen LogP contribution in [0.15, 0.2) is 69.7 Å². The first kappa shape index (κ1) is 22.8. The first-order chi connectivity index (χ1) is 17.0. The van der Waals surface area contributed by atoms with E-state index in [-0.39, 0.29) is 33.9 Å². The van der Waals surface area contributed by atoms with Crippen LogP contribution in [0.3, 0.4) is 0 Å². The maximum Gasteiger partial charge on any atom is 0.435 e. The van der Waals surface area contributed by atoms with Gasteiger partial charge in [-0.3, -0.25) is 19.7 Å². The third-order valence-corrected chi connectivity index (χ3v) is 5.44. The molecule has 2 aliphatic rings. The number of benzene rings is 2. The van der Waals surface area contributed by atoms with Gasteiger partial charge in [-0.1, -0.05) is 6.07 Å². The van der Waals surface area contributed by atoms with E-state index < -0.39 is 41.2 Å². The molecule has 2 aliphatic heterocycles. The molecule has 0 unspecified atom stereocenters. The molecule has 3 amide bonds. The zero-order valence-electron chi connectivity index (χ0n) is 17.8. The van der Waals surface area contributed by atoms with Gasteiger partial charge < -0.3 is 9.52 Å². The van der Waals surface area contributed by atoms with Gasteiger partial charge in [0.25, 0.3) is 17.7 Å². The van der Waals surface area contributed by atoms with Gasteiger partial charge >= 0.3 is 12.1 Å². The first-order valence-electron chi connectivity index (χ1n) is 10.2. The molecule has 5 rings (SSSR count). The van der Waals surface area contributed by atoms with Crippen LogP contribution in [0.4, 0.5) is 18.9 Å². The molecule has 1 aromatic heterocycles. The molecule has 180 valence electrons. The Bertz CT molecular complexity index is 1530. The molecule has 0 radical (unpaired) electrons. The van der Waals surface area contributed by atoms with E-state index in [0.717, 1.165) is 18.2 Å². The number of hydrogen-bond donors (Lipinski definition) is 2. The van der Waals surface area contributed by atoms with Crippen molar-refractivity contribution in [3.8, 4) is 11.3 Å². The average Bonchev–Trinajstić information content (AvgIpc) is 3.51. The second-order valence-corrected chi connectivity index (χ2v) is 7.72. The smallest absolute Gasteiger partial charge is 0.435 e. The summed E-state index contributed by atoms with van der Waals surface area (Å²) < 4.78 is 46.7. The normalized spacial score (nSPS) is 16.4. The monoisotopic (exact) mass is 495 g/mol. The molecule has 0 saturated carbocycles. The summed E-state index contributed by atoms with van der Waals surface area (Å²) in [5, 5.41) is 15.1. The summed E-state index contributed by atoms with van der Waals surface area (Å²) in [5.74, 6) is -3.34. The number of nitrogens with zero attached hydrogens (tertiary/aromatic N) is 2. The van der Waals surface area contributed by atoms with Crippen molar-refractivity contribution in [3.05, 3.63) is 82.6 Å². The van der Waals surface area contributed by atoms with E-state index in [2.05, 4.69) is 10.4 Å². The molecule has 3 heterocycles. The summed E-state index contributed by atoms with van der Waals surface area (Å²) in [6.45, 7) is 0. The molecular weight excluding hydrogens is 483 g/mol. The number of nitrogens with one attached hydrogen (secondary N) is 1. The van der Waals surface area contributed by atoms with Gasteiger partial charge in [0.2, 0.25) is 0 Å². The van der Waals surface area contributed by atoms with E-state index in [1.165, 1.54) is 42.5 Å². The number of carbonyl (C=O) groups excluding carboxylic acids is 3. The zero-order valence-corrected chi connectivity index (χ0v) is 17.8. The van der Waals surface area contributed by atoms with Crippen molar-refractivity contribution in [2.24, 2.45) is 5.10 Å². The highest BCUT2D eigenvalue weighted by Gasteiger charge is 2.47. The number of rotatable bonds is 4. The predicted molar refractivity (Wildman–Crippen MR) is 118 cm³/mol. The molecule has 36 heavy (non-hydrogen) atoms.